The molecule has 1 amide bonds. The lowest BCUT2D eigenvalue weighted by Crippen LogP contribution is -2.13. The summed E-state index contributed by atoms with van der Waals surface area (Å²) in [5, 5.41) is 2.85. The minimum Gasteiger partial charge on any atom is -0.475 e. The average Bonchev–Trinajstić information content (AvgIpc) is 2.48. The number of amides is 1. The van der Waals surface area contributed by atoms with Crippen LogP contribution in [0, 0.1) is 0 Å². The number of nitrogens with zero attached hydrogens (tertiary/aromatic N) is 2. The van der Waals surface area contributed by atoms with E-state index < -0.39 is 0 Å². The van der Waals surface area contributed by atoms with Crippen LogP contribution in [-0.4, -0.2) is 31.1 Å². The minimum absolute atomic E-state index is 0.0578. The lowest BCUT2D eigenvalue weighted by Gasteiger charge is -2.13. The number of anilines is 2. The van der Waals surface area contributed by atoms with Gasteiger partial charge in [-0.3, -0.25) is 4.79 Å². The second-order valence-corrected chi connectivity index (χ2v) is 5.45. The topological polar surface area (TPSA) is 54.5 Å². The van der Waals surface area contributed by atoms with Crippen LogP contribution < -0.4 is 15.0 Å². The van der Waals surface area contributed by atoms with Crippen molar-refractivity contribution in [2.24, 2.45) is 0 Å². The van der Waals surface area contributed by atoms with Gasteiger partial charge in [0, 0.05) is 37.7 Å². The van der Waals surface area contributed by atoms with E-state index in [4.69, 9.17) is 4.74 Å². The van der Waals surface area contributed by atoms with E-state index in [2.05, 4.69) is 10.3 Å². The van der Waals surface area contributed by atoms with Gasteiger partial charge in [0.25, 0.3) is 5.91 Å². The zero-order valence-corrected chi connectivity index (χ0v) is 13.3. The zero-order valence-electron chi connectivity index (χ0n) is 13.3. The van der Waals surface area contributed by atoms with Crippen LogP contribution >= 0.6 is 0 Å². The Balaban J connectivity index is 2.02. The van der Waals surface area contributed by atoms with Gasteiger partial charge in [0.1, 0.15) is 0 Å². The first-order valence-corrected chi connectivity index (χ1v) is 7.17. The van der Waals surface area contributed by atoms with Gasteiger partial charge < -0.3 is 15.0 Å². The molecule has 0 radical (unpaired) electrons. The van der Waals surface area contributed by atoms with Crippen LogP contribution in [0.2, 0.25) is 0 Å². The maximum atomic E-state index is 12.2. The van der Waals surface area contributed by atoms with Crippen LogP contribution in [-0.2, 0) is 0 Å². The number of ether oxygens (including phenoxy) is 1. The third-order valence-corrected chi connectivity index (χ3v) is 3.00. The molecular weight excluding hydrogens is 278 g/mol. The molecule has 116 valence electrons. The molecule has 0 aliphatic heterocycles. The number of rotatable bonds is 5. The van der Waals surface area contributed by atoms with E-state index in [1.54, 1.807) is 12.1 Å². The summed E-state index contributed by atoms with van der Waals surface area (Å²) in [6.07, 6.45) is 1.57. The SMILES string of the molecule is CC(C)Oc1ccc(C(=O)Nc2ccc(N(C)C)cc2)cn1. The Morgan fingerprint density at radius 2 is 1.82 bits per heavy atom. The number of pyridine rings is 1. The molecule has 0 bridgehead atoms. The molecular formula is C17H21N3O2. The Hall–Kier alpha value is -2.56. The predicted molar refractivity (Wildman–Crippen MR) is 88.7 cm³/mol. The number of nitrogens with one attached hydrogen (secondary N) is 1. The highest BCUT2D eigenvalue weighted by Gasteiger charge is 2.08. The van der Waals surface area contributed by atoms with Crippen LogP contribution in [0.15, 0.2) is 42.6 Å². The van der Waals surface area contributed by atoms with Gasteiger partial charge in [-0.05, 0) is 44.2 Å². The van der Waals surface area contributed by atoms with Crippen molar-refractivity contribution in [3.8, 4) is 5.88 Å². The molecule has 5 nitrogen and oxygen atoms in total. The van der Waals surface area contributed by atoms with Gasteiger partial charge in [-0.1, -0.05) is 0 Å². The van der Waals surface area contributed by atoms with E-state index in [0.29, 0.717) is 11.4 Å². The summed E-state index contributed by atoms with van der Waals surface area (Å²) in [7, 11) is 3.94. The Labute approximate surface area is 130 Å². The van der Waals surface area contributed by atoms with Crippen molar-refractivity contribution in [2.75, 3.05) is 24.3 Å². The van der Waals surface area contributed by atoms with E-state index in [0.717, 1.165) is 11.4 Å². The second kappa shape index (κ2) is 6.93. The molecule has 0 atom stereocenters. The number of carbonyl (C=O) groups is 1. The molecule has 0 saturated carbocycles. The van der Waals surface area contributed by atoms with E-state index >= 15 is 0 Å². The van der Waals surface area contributed by atoms with Gasteiger partial charge in [-0.25, -0.2) is 4.98 Å². The van der Waals surface area contributed by atoms with Crippen LogP contribution in [0.25, 0.3) is 0 Å². The molecule has 5 heteroatoms. The van der Waals surface area contributed by atoms with Crippen molar-refractivity contribution in [1.82, 2.24) is 4.98 Å². The molecule has 0 fully saturated rings. The zero-order chi connectivity index (χ0) is 16.1. The monoisotopic (exact) mass is 299 g/mol. The summed E-state index contributed by atoms with van der Waals surface area (Å²) in [6.45, 7) is 3.86. The summed E-state index contributed by atoms with van der Waals surface area (Å²) in [5.41, 5.74) is 2.32. The van der Waals surface area contributed by atoms with Crippen molar-refractivity contribution < 1.29 is 9.53 Å². The summed E-state index contributed by atoms with van der Waals surface area (Å²) in [5.74, 6) is 0.322. The molecule has 2 rings (SSSR count). The fourth-order valence-electron chi connectivity index (χ4n) is 1.87. The van der Waals surface area contributed by atoms with Gasteiger partial charge in [-0.15, -0.1) is 0 Å². The standard InChI is InChI=1S/C17H21N3O2/c1-12(2)22-16-10-5-13(11-18-16)17(21)19-14-6-8-15(9-7-14)20(3)4/h5-12H,1-4H3,(H,19,21). The summed E-state index contributed by atoms with van der Waals surface area (Å²) < 4.78 is 5.46. The Morgan fingerprint density at radius 3 is 2.32 bits per heavy atom. The van der Waals surface area contributed by atoms with Gasteiger partial charge in [0.2, 0.25) is 5.88 Å². The Morgan fingerprint density at radius 1 is 1.14 bits per heavy atom. The average molecular weight is 299 g/mol. The van der Waals surface area contributed by atoms with Crippen molar-refractivity contribution in [3.63, 3.8) is 0 Å². The molecule has 2 aromatic rings. The molecule has 0 saturated heterocycles. The maximum absolute atomic E-state index is 12.2. The first kappa shape index (κ1) is 15.8. The van der Waals surface area contributed by atoms with E-state index in [9.17, 15) is 4.79 Å². The number of carbonyl (C=O) groups excluding carboxylic acids is 1. The first-order valence-electron chi connectivity index (χ1n) is 7.17. The lowest BCUT2D eigenvalue weighted by atomic mass is 10.2. The fourth-order valence-corrected chi connectivity index (χ4v) is 1.87. The van der Waals surface area contributed by atoms with Crippen LogP contribution in [0.1, 0.15) is 24.2 Å². The first-order chi connectivity index (χ1) is 10.5. The van der Waals surface area contributed by atoms with Gasteiger partial charge in [0.15, 0.2) is 0 Å². The molecule has 1 aromatic heterocycles. The van der Waals surface area contributed by atoms with Crippen molar-refractivity contribution >= 4 is 17.3 Å². The molecule has 0 unspecified atom stereocenters. The fraction of sp³-hybridized carbons (Fsp3) is 0.294. The molecule has 0 spiro atoms. The van der Waals surface area contributed by atoms with Crippen molar-refractivity contribution in [1.29, 1.82) is 0 Å². The van der Waals surface area contributed by atoms with Crippen LogP contribution in [0.5, 0.6) is 5.88 Å². The number of hydrogen-bond acceptors (Lipinski definition) is 4. The predicted octanol–water partition coefficient (Wildman–Crippen LogP) is 3.19. The molecule has 0 aliphatic carbocycles. The third-order valence-electron chi connectivity index (χ3n) is 3.00. The van der Waals surface area contributed by atoms with E-state index in [-0.39, 0.29) is 12.0 Å². The quantitative estimate of drug-likeness (QED) is 0.921. The molecule has 1 heterocycles. The maximum Gasteiger partial charge on any atom is 0.257 e. The number of aromatic nitrogens is 1. The summed E-state index contributed by atoms with van der Waals surface area (Å²) in [6, 6.07) is 11.0. The van der Waals surface area contributed by atoms with Gasteiger partial charge >= 0.3 is 0 Å². The van der Waals surface area contributed by atoms with Crippen molar-refractivity contribution in [2.45, 2.75) is 20.0 Å². The third kappa shape index (κ3) is 4.22. The lowest BCUT2D eigenvalue weighted by molar-refractivity contribution is 0.102. The largest absolute Gasteiger partial charge is 0.475 e. The van der Waals surface area contributed by atoms with Crippen molar-refractivity contribution in [3.05, 3.63) is 48.2 Å². The van der Waals surface area contributed by atoms with E-state index in [1.807, 2.05) is 57.1 Å². The minimum atomic E-state index is -0.193. The second-order valence-electron chi connectivity index (χ2n) is 5.45. The highest BCUT2D eigenvalue weighted by atomic mass is 16.5. The highest BCUT2D eigenvalue weighted by molar-refractivity contribution is 6.04. The highest BCUT2D eigenvalue weighted by Crippen LogP contribution is 2.17. The molecule has 0 aliphatic rings. The summed E-state index contributed by atoms with van der Waals surface area (Å²) >= 11 is 0. The van der Waals surface area contributed by atoms with Gasteiger partial charge in [-0.2, -0.15) is 0 Å². The number of hydrogen-bond donors (Lipinski definition) is 1. The smallest absolute Gasteiger partial charge is 0.257 e. The van der Waals surface area contributed by atoms with Crippen LogP contribution in [0.3, 0.4) is 0 Å². The normalized spacial score (nSPS) is 10.4. The van der Waals surface area contributed by atoms with Crippen LogP contribution in [0.4, 0.5) is 11.4 Å². The van der Waals surface area contributed by atoms with Gasteiger partial charge in [0.05, 0.1) is 11.7 Å². The molecule has 1 aromatic carbocycles. The molecule has 1 N–H and O–H groups in total. The Bertz CT molecular complexity index is 619. The molecule has 22 heavy (non-hydrogen) atoms. The Kier molecular flexibility index (Phi) is 4.99. The van der Waals surface area contributed by atoms with E-state index in [1.165, 1.54) is 6.20 Å². The summed E-state index contributed by atoms with van der Waals surface area (Å²) in [4.78, 5) is 18.3. The number of benzene rings is 1.